The quantitative estimate of drug-likeness (QED) is 0.943. The Kier molecular flexibility index (Phi) is 4.29. The molecule has 1 atom stereocenters. The standard InChI is InChI=1S/C16H18F2N4/c1-11-7-16(20-10-19-11)21-12-5-6-22(8-12)9-13-14(17)3-2-4-15(13)18/h2-4,7,10,12H,5-6,8-9H2,1H3,(H,19,20,21). The van der Waals surface area contributed by atoms with Crippen LogP contribution < -0.4 is 5.32 Å². The van der Waals surface area contributed by atoms with Crippen molar-refractivity contribution < 1.29 is 8.78 Å². The average Bonchev–Trinajstić information content (AvgIpc) is 2.90. The van der Waals surface area contributed by atoms with Crippen LogP contribution in [0.25, 0.3) is 0 Å². The number of aryl methyl sites for hydroxylation is 1. The fourth-order valence-corrected chi connectivity index (χ4v) is 2.74. The van der Waals surface area contributed by atoms with E-state index >= 15 is 0 Å². The zero-order chi connectivity index (χ0) is 15.5. The zero-order valence-corrected chi connectivity index (χ0v) is 12.4. The number of rotatable bonds is 4. The van der Waals surface area contributed by atoms with Crippen LogP contribution in [0.2, 0.25) is 0 Å². The Morgan fingerprint density at radius 3 is 2.77 bits per heavy atom. The maximum absolute atomic E-state index is 13.7. The van der Waals surface area contributed by atoms with Crippen molar-refractivity contribution in [1.29, 1.82) is 0 Å². The lowest BCUT2D eigenvalue weighted by Gasteiger charge is -2.17. The van der Waals surface area contributed by atoms with E-state index in [1.807, 2.05) is 17.9 Å². The molecule has 1 aliphatic rings. The van der Waals surface area contributed by atoms with Crippen LogP contribution in [0.3, 0.4) is 0 Å². The number of halogens is 2. The molecule has 1 unspecified atom stereocenters. The third kappa shape index (κ3) is 3.39. The Morgan fingerprint density at radius 2 is 2.05 bits per heavy atom. The van der Waals surface area contributed by atoms with Crippen LogP contribution in [0.4, 0.5) is 14.6 Å². The van der Waals surface area contributed by atoms with E-state index in [0.29, 0.717) is 6.54 Å². The van der Waals surface area contributed by atoms with Crippen LogP contribution >= 0.6 is 0 Å². The van der Waals surface area contributed by atoms with Gasteiger partial charge >= 0.3 is 0 Å². The molecule has 0 amide bonds. The minimum Gasteiger partial charge on any atom is -0.366 e. The van der Waals surface area contributed by atoms with Gasteiger partial charge in [0.05, 0.1) is 0 Å². The van der Waals surface area contributed by atoms with Gasteiger partial charge in [-0.2, -0.15) is 0 Å². The van der Waals surface area contributed by atoms with E-state index in [1.54, 1.807) is 0 Å². The van der Waals surface area contributed by atoms with E-state index in [1.165, 1.54) is 24.5 Å². The van der Waals surface area contributed by atoms with Crippen molar-refractivity contribution >= 4 is 5.82 Å². The molecule has 0 radical (unpaired) electrons. The molecule has 0 saturated carbocycles. The summed E-state index contributed by atoms with van der Waals surface area (Å²) in [7, 11) is 0. The molecule has 1 N–H and O–H groups in total. The molecular formula is C16H18F2N4. The van der Waals surface area contributed by atoms with Gasteiger partial charge in [-0.1, -0.05) is 6.07 Å². The molecule has 1 aliphatic heterocycles. The van der Waals surface area contributed by atoms with Gasteiger partial charge in [-0.05, 0) is 25.5 Å². The molecule has 1 fully saturated rings. The lowest BCUT2D eigenvalue weighted by Crippen LogP contribution is -2.27. The Bertz CT molecular complexity index is 642. The van der Waals surface area contributed by atoms with E-state index in [0.717, 1.165) is 31.0 Å². The summed E-state index contributed by atoms with van der Waals surface area (Å²) in [4.78, 5) is 10.3. The van der Waals surface area contributed by atoms with Gasteiger partial charge in [0.25, 0.3) is 0 Å². The smallest absolute Gasteiger partial charge is 0.130 e. The van der Waals surface area contributed by atoms with Crippen molar-refractivity contribution in [2.24, 2.45) is 0 Å². The third-order valence-electron chi connectivity index (χ3n) is 3.87. The van der Waals surface area contributed by atoms with Gasteiger partial charge in [0.15, 0.2) is 0 Å². The van der Waals surface area contributed by atoms with Crippen molar-refractivity contribution in [1.82, 2.24) is 14.9 Å². The third-order valence-corrected chi connectivity index (χ3v) is 3.87. The molecule has 22 heavy (non-hydrogen) atoms. The Morgan fingerprint density at radius 1 is 1.27 bits per heavy atom. The van der Waals surface area contributed by atoms with Crippen LogP contribution in [-0.4, -0.2) is 34.0 Å². The molecular weight excluding hydrogens is 286 g/mol. The number of hydrogen-bond acceptors (Lipinski definition) is 4. The highest BCUT2D eigenvalue weighted by Crippen LogP contribution is 2.20. The van der Waals surface area contributed by atoms with Crippen molar-refractivity contribution in [2.45, 2.75) is 25.9 Å². The van der Waals surface area contributed by atoms with Crippen LogP contribution in [0, 0.1) is 18.6 Å². The highest BCUT2D eigenvalue weighted by atomic mass is 19.1. The minimum absolute atomic E-state index is 0.140. The molecule has 6 heteroatoms. The van der Waals surface area contributed by atoms with Crippen molar-refractivity contribution in [3.05, 3.63) is 53.5 Å². The molecule has 116 valence electrons. The van der Waals surface area contributed by atoms with E-state index in [2.05, 4.69) is 15.3 Å². The number of likely N-dealkylation sites (tertiary alicyclic amines) is 1. The zero-order valence-electron chi connectivity index (χ0n) is 12.4. The first kappa shape index (κ1) is 14.8. The van der Waals surface area contributed by atoms with E-state index in [4.69, 9.17) is 0 Å². The summed E-state index contributed by atoms with van der Waals surface area (Å²) in [6, 6.07) is 6.10. The maximum atomic E-state index is 13.7. The lowest BCUT2D eigenvalue weighted by atomic mass is 10.2. The van der Waals surface area contributed by atoms with Crippen molar-refractivity contribution in [3.8, 4) is 0 Å². The molecule has 2 aromatic rings. The predicted molar refractivity (Wildman–Crippen MR) is 80.4 cm³/mol. The second-order valence-corrected chi connectivity index (χ2v) is 5.61. The average molecular weight is 304 g/mol. The summed E-state index contributed by atoms with van der Waals surface area (Å²) in [5, 5.41) is 3.35. The molecule has 0 bridgehead atoms. The Labute approximate surface area is 128 Å². The number of benzene rings is 1. The van der Waals surface area contributed by atoms with Crippen molar-refractivity contribution in [2.75, 3.05) is 18.4 Å². The summed E-state index contributed by atoms with van der Waals surface area (Å²) in [5.74, 6) is -0.179. The van der Waals surface area contributed by atoms with E-state index in [9.17, 15) is 8.78 Å². The molecule has 4 nitrogen and oxygen atoms in total. The summed E-state index contributed by atoms with van der Waals surface area (Å²) >= 11 is 0. The first-order chi connectivity index (χ1) is 10.6. The Balaban J connectivity index is 1.61. The SMILES string of the molecule is Cc1cc(NC2CCN(Cc3c(F)cccc3F)C2)ncn1. The molecule has 3 rings (SSSR count). The van der Waals surface area contributed by atoms with E-state index < -0.39 is 11.6 Å². The van der Waals surface area contributed by atoms with Gasteiger partial charge in [-0.3, -0.25) is 4.90 Å². The highest BCUT2D eigenvalue weighted by Gasteiger charge is 2.24. The van der Waals surface area contributed by atoms with Gasteiger partial charge in [-0.25, -0.2) is 18.7 Å². The van der Waals surface area contributed by atoms with Gasteiger partial charge in [-0.15, -0.1) is 0 Å². The molecule has 0 spiro atoms. The van der Waals surface area contributed by atoms with Gasteiger partial charge in [0.1, 0.15) is 23.8 Å². The summed E-state index contributed by atoms with van der Waals surface area (Å²) < 4.78 is 27.4. The predicted octanol–water partition coefficient (Wildman–Crippen LogP) is 2.75. The summed E-state index contributed by atoms with van der Waals surface area (Å²) in [6.45, 7) is 3.74. The van der Waals surface area contributed by atoms with Crippen LogP contribution in [0.1, 0.15) is 17.7 Å². The molecule has 1 saturated heterocycles. The summed E-state index contributed by atoms with van der Waals surface area (Å²) in [6.07, 6.45) is 2.44. The lowest BCUT2D eigenvalue weighted by molar-refractivity contribution is 0.316. The first-order valence-corrected chi connectivity index (χ1v) is 7.32. The van der Waals surface area contributed by atoms with Crippen LogP contribution in [0.5, 0.6) is 0 Å². The van der Waals surface area contributed by atoms with E-state index in [-0.39, 0.29) is 11.6 Å². The molecule has 1 aromatic heterocycles. The number of anilines is 1. The van der Waals surface area contributed by atoms with Crippen LogP contribution in [0.15, 0.2) is 30.6 Å². The van der Waals surface area contributed by atoms with Gasteiger partial charge < -0.3 is 5.32 Å². The number of hydrogen-bond donors (Lipinski definition) is 1. The molecule has 2 heterocycles. The largest absolute Gasteiger partial charge is 0.366 e. The normalized spacial score (nSPS) is 18.6. The van der Waals surface area contributed by atoms with Crippen molar-refractivity contribution in [3.63, 3.8) is 0 Å². The molecule has 1 aromatic carbocycles. The fourth-order valence-electron chi connectivity index (χ4n) is 2.74. The topological polar surface area (TPSA) is 41.0 Å². The molecule has 0 aliphatic carbocycles. The second kappa shape index (κ2) is 6.36. The maximum Gasteiger partial charge on any atom is 0.130 e. The number of nitrogens with one attached hydrogen (secondary N) is 1. The second-order valence-electron chi connectivity index (χ2n) is 5.61. The van der Waals surface area contributed by atoms with Gasteiger partial charge in [0, 0.05) is 43.0 Å². The summed E-state index contributed by atoms with van der Waals surface area (Å²) in [5.41, 5.74) is 1.04. The monoisotopic (exact) mass is 304 g/mol. The number of nitrogens with zero attached hydrogens (tertiary/aromatic N) is 3. The minimum atomic E-state index is -0.483. The Hall–Kier alpha value is -2.08. The first-order valence-electron chi connectivity index (χ1n) is 7.32. The highest BCUT2D eigenvalue weighted by molar-refractivity contribution is 5.36. The fraction of sp³-hybridized carbons (Fsp3) is 0.375. The van der Waals surface area contributed by atoms with Gasteiger partial charge in [0.2, 0.25) is 0 Å². The number of aromatic nitrogens is 2. The van der Waals surface area contributed by atoms with Crippen LogP contribution in [-0.2, 0) is 6.54 Å².